The van der Waals surface area contributed by atoms with Gasteiger partial charge in [-0.1, -0.05) is 0 Å². The van der Waals surface area contributed by atoms with E-state index in [-0.39, 0.29) is 10.9 Å². The summed E-state index contributed by atoms with van der Waals surface area (Å²) in [4.78, 5) is 0. The molecule has 0 unspecified atom stereocenters. The van der Waals surface area contributed by atoms with Crippen molar-refractivity contribution in [2.75, 3.05) is 5.32 Å². The highest BCUT2D eigenvalue weighted by Gasteiger charge is 2.02. The molecule has 0 radical (unpaired) electrons. The molecule has 0 aliphatic rings. The molecule has 0 aromatic heterocycles. The van der Waals surface area contributed by atoms with E-state index < -0.39 is 0 Å². The number of rotatable bonds is 1. The summed E-state index contributed by atoms with van der Waals surface area (Å²) in [5.41, 5.74) is 6.03. The maximum atomic E-state index is 9.06. The molecule has 4 N–H and O–H groups in total. The predicted octanol–water partition coefficient (Wildman–Crippen LogP) is 0.919. The van der Waals surface area contributed by atoms with Crippen LogP contribution in [0.2, 0.25) is 0 Å². The van der Waals surface area contributed by atoms with Crippen LogP contribution in [0, 0.1) is 11.3 Å². The molecule has 4 nitrogen and oxygen atoms in total. The summed E-state index contributed by atoms with van der Waals surface area (Å²) >= 11 is 4.61. The van der Waals surface area contributed by atoms with Gasteiger partial charge in [-0.2, -0.15) is 5.26 Å². The van der Waals surface area contributed by atoms with Gasteiger partial charge in [0.2, 0.25) is 0 Å². The first-order chi connectivity index (χ1) is 6.13. The van der Waals surface area contributed by atoms with E-state index in [0.29, 0.717) is 11.3 Å². The first-order valence-corrected chi connectivity index (χ1v) is 3.84. The molecule has 13 heavy (non-hydrogen) atoms. The number of hydrogen-bond acceptors (Lipinski definition) is 3. The molecule has 1 rings (SSSR count). The second-order valence-electron chi connectivity index (χ2n) is 2.33. The van der Waals surface area contributed by atoms with Crippen LogP contribution >= 0.6 is 12.2 Å². The van der Waals surface area contributed by atoms with Gasteiger partial charge in [0.1, 0.15) is 11.8 Å². The average molecular weight is 193 g/mol. The number of benzene rings is 1. The van der Waals surface area contributed by atoms with Crippen LogP contribution in [0.4, 0.5) is 5.69 Å². The number of hydrogen-bond donors (Lipinski definition) is 3. The van der Waals surface area contributed by atoms with Crippen molar-refractivity contribution in [1.82, 2.24) is 0 Å². The van der Waals surface area contributed by atoms with E-state index in [1.807, 2.05) is 6.07 Å². The Morgan fingerprint density at radius 3 is 2.85 bits per heavy atom. The van der Waals surface area contributed by atoms with Crippen molar-refractivity contribution < 1.29 is 5.11 Å². The van der Waals surface area contributed by atoms with Crippen molar-refractivity contribution in [2.45, 2.75) is 0 Å². The van der Waals surface area contributed by atoms with Gasteiger partial charge in [0.25, 0.3) is 0 Å². The Morgan fingerprint density at radius 1 is 1.62 bits per heavy atom. The molecule has 0 aliphatic heterocycles. The van der Waals surface area contributed by atoms with E-state index in [9.17, 15) is 0 Å². The zero-order valence-corrected chi connectivity index (χ0v) is 7.43. The third kappa shape index (κ3) is 2.32. The Bertz CT molecular complexity index is 383. The minimum absolute atomic E-state index is 0.0324. The zero-order chi connectivity index (χ0) is 9.84. The first-order valence-electron chi connectivity index (χ1n) is 3.43. The third-order valence-corrected chi connectivity index (χ3v) is 1.48. The van der Waals surface area contributed by atoms with Crippen LogP contribution < -0.4 is 11.1 Å². The maximum Gasteiger partial charge on any atom is 0.168 e. The number of nitriles is 1. The molecule has 0 spiro atoms. The fourth-order valence-corrected chi connectivity index (χ4v) is 0.976. The van der Waals surface area contributed by atoms with Crippen LogP contribution in [0.5, 0.6) is 5.75 Å². The number of nitrogens with one attached hydrogen (secondary N) is 1. The van der Waals surface area contributed by atoms with Crippen molar-refractivity contribution in [1.29, 1.82) is 5.26 Å². The van der Waals surface area contributed by atoms with Gasteiger partial charge in [-0.05, 0) is 30.4 Å². The van der Waals surface area contributed by atoms with E-state index in [0.717, 1.165) is 0 Å². The summed E-state index contributed by atoms with van der Waals surface area (Å²) < 4.78 is 0. The largest absolute Gasteiger partial charge is 0.508 e. The lowest BCUT2D eigenvalue weighted by Gasteiger charge is -2.05. The minimum Gasteiger partial charge on any atom is -0.508 e. The van der Waals surface area contributed by atoms with Crippen LogP contribution in [-0.2, 0) is 0 Å². The quantitative estimate of drug-likeness (QED) is 0.456. The molecule has 0 heterocycles. The zero-order valence-electron chi connectivity index (χ0n) is 6.61. The lowest BCUT2D eigenvalue weighted by molar-refractivity contribution is 0.475. The number of nitrogens with two attached hydrogens (primary N) is 1. The molecule has 0 fully saturated rings. The minimum atomic E-state index is 0.0324. The lowest BCUT2D eigenvalue weighted by atomic mass is 10.2. The third-order valence-electron chi connectivity index (χ3n) is 1.38. The molecule has 0 aliphatic carbocycles. The van der Waals surface area contributed by atoms with E-state index in [1.54, 1.807) is 0 Å². The summed E-state index contributed by atoms with van der Waals surface area (Å²) in [5.74, 6) is 0.0324. The van der Waals surface area contributed by atoms with Crippen molar-refractivity contribution >= 4 is 23.0 Å². The smallest absolute Gasteiger partial charge is 0.168 e. The lowest BCUT2D eigenvalue weighted by Crippen LogP contribution is -2.19. The Labute approximate surface area is 80.6 Å². The second-order valence-corrected chi connectivity index (χ2v) is 2.77. The second kappa shape index (κ2) is 3.74. The normalized spacial score (nSPS) is 8.85. The molecule has 66 valence electrons. The maximum absolute atomic E-state index is 9.06. The SMILES string of the molecule is N#Cc1cc(O)ccc1NC(N)=S. The van der Waals surface area contributed by atoms with Gasteiger partial charge in [-0.25, -0.2) is 0 Å². The Balaban J connectivity index is 3.08. The van der Waals surface area contributed by atoms with E-state index in [4.69, 9.17) is 16.1 Å². The highest BCUT2D eigenvalue weighted by atomic mass is 32.1. The Kier molecular flexibility index (Phi) is 2.67. The van der Waals surface area contributed by atoms with E-state index >= 15 is 0 Å². The topological polar surface area (TPSA) is 82.1 Å². The summed E-state index contributed by atoms with van der Waals surface area (Å²) in [7, 11) is 0. The van der Waals surface area contributed by atoms with Gasteiger partial charge in [-0.15, -0.1) is 0 Å². The van der Waals surface area contributed by atoms with Gasteiger partial charge in [-0.3, -0.25) is 0 Å². The van der Waals surface area contributed by atoms with Gasteiger partial charge >= 0.3 is 0 Å². The van der Waals surface area contributed by atoms with Crippen LogP contribution in [0.15, 0.2) is 18.2 Å². The van der Waals surface area contributed by atoms with E-state index in [2.05, 4.69) is 17.5 Å². The Hall–Kier alpha value is -1.80. The molecule has 1 aromatic carbocycles. The first kappa shape index (κ1) is 9.29. The molecular formula is C8H7N3OS. The highest BCUT2D eigenvalue weighted by molar-refractivity contribution is 7.80. The Morgan fingerprint density at radius 2 is 2.31 bits per heavy atom. The monoisotopic (exact) mass is 193 g/mol. The fraction of sp³-hybridized carbons (Fsp3) is 0. The number of thiocarbonyl (C=S) groups is 1. The molecule has 0 bridgehead atoms. The predicted molar refractivity (Wildman–Crippen MR) is 53.2 cm³/mol. The van der Waals surface area contributed by atoms with E-state index in [1.165, 1.54) is 18.2 Å². The number of phenolic OH excluding ortho intramolecular Hbond substituents is 1. The number of aromatic hydroxyl groups is 1. The molecular weight excluding hydrogens is 186 g/mol. The van der Waals surface area contributed by atoms with Crippen molar-refractivity contribution in [3.8, 4) is 11.8 Å². The van der Waals surface area contributed by atoms with Gasteiger partial charge in [0, 0.05) is 0 Å². The number of nitrogens with zero attached hydrogens (tertiary/aromatic N) is 1. The van der Waals surface area contributed by atoms with Gasteiger partial charge in [0.15, 0.2) is 5.11 Å². The highest BCUT2D eigenvalue weighted by Crippen LogP contribution is 2.19. The van der Waals surface area contributed by atoms with Crippen LogP contribution in [-0.4, -0.2) is 10.2 Å². The van der Waals surface area contributed by atoms with Crippen molar-refractivity contribution in [3.63, 3.8) is 0 Å². The number of phenols is 1. The summed E-state index contributed by atoms with van der Waals surface area (Å²) in [6.07, 6.45) is 0. The summed E-state index contributed by atoms with van der Waals surface area (Å²) in [6, 6.07) is 6.22. The molecule has 1 aromatic rings. The van der Waals surface area contributed by atoms with Gasteiger partial charge in [0.05, 0.1) is 11.3 Å². The average Bonchev–Trinajstić information content (AvgIpc) is 2.07. The van der Waals surface area contributed by atoms with Crippen LogP contribution in [0.3, 0.4) is 0 Å². The molecule has 0 saturated carbocycles. The van der Waals surface area contributed by atoms with Crippen LogP contribution in [0.1, 0.15) is 5.56 Å². The standard InChI is InChI=1S/C8H7N3OS/c9-4-5-3-6(12)1-2-7(5)11-8(10)13/h1-3,12H,(H3,10,11,13). The van der Waals surface area contributed by atoms with Gasteiger partial charge < -0.3 is 16.2 Å². The van der Waals surface area contributed by atoms with Crippen LogP contribution in [0.25, 0.3) is 0 Å². The van der Waals surface area contributed by atoms with Crippen molar-refractivity contribution in [3.05, 3.63) is 23.8 Å². The fourth-order valence-electron chi connectivity index (χ4n) is 0.866. The molecule has 0 saturated heterocycles. The molecule has 0 atom stereocenters. The molecule has 0 amide bonds. The summed E-state index contributed by atoms with van der Waals surface area (Å²) in [5, 5.41) is 20.4. The van der Waals surface area contributed by atoms with Crippen molar-refractivity contribution in [2.24, 2.45) is 5.73 Å². The number of anilines is 1. The summed E-state index contributed by atoms with van der Waals surface area (Å²) in [6.45, 7) is 0. The molecule has 5 heteroatoms.